The number of aromatic nitrogens is 7. The lowest BCUT2D eigenvalue weighted by Gasteiger charge is -2.21. The molecule has 2 amide bonds. The summed E-state index contributed by atoms with van der Waals surface area (Å²) in [6.07, 6.45) is 1.31. The van der Waals surface area contributed by atoms with Crippen molar-refractivity contribution in [3.8, 4) is 11.4 Å². The zero-order valence-corrected chi connectivity index (χ0v) is 19.2. The molecule has 0 saturated carbocycles. The van der Waals surface area contributed by atoms with E-state index in [9.17, 15) is 13.6 Å². The molecule has 176 valence electrons. The molecule has 0 radical (unpaired) electrons. The lowest BCUT2D eigenvalue weighted by atomic mass is 10.3. The van der Waals surface area contributed by atoms with Crippen molar-refractivity contribution in [1.29, 1.82) is 0 Å². The Balaban J connectivity index is 1.45. The molecule has 34 heavy (non-hydrogen) atoms. The molecule has 14 heteroatoms. The Hall–Kier alpha value is -3.64. The van der Waals surface area contributed by atoms with Crippen LogP contribution in [-0.4, -0.2) is 52.4 Å². The summed E-state index contributed by atoms with van der Waals surface area (Å²) in [6, 6.07) is 7.95. The molecular formula is C20H17Cl2F2N9O. The van der Waals surface area contributed by atoms with E-state index in [1.807, 2.05) is 0 Å². The molecule has 0 bridgehead atoms. The van der Waals surface area contributed by atoms with Gasteiger partial charge in [0.15, 0.2) is 11.6 Å². The van der Waals surface area contributed by atoms with Crippen molar-refractivity contribution in [2.24, 2.45) is 0 Å². The third kappa shape index (κ3) is 4.97. The first kappa shape index (κ1) is 23.5. The SMILES string of the molecule is CCN(Cc1ncnn1-c1ccc(Cl)c(F)c1)C(=O)NCc1nnnn1-c1ccc(Cl)c(F)c1. The van der Waals surface area contributed by atoms with Crippen LogP contribution >= 0.6 is 23.2 Å². The normalized spacial score (nSPS) is 11.0. The minimum atomic E-state index is -0.619. The summed E-state index contributed by atoms with van der Waals surface area (Å²) >= 11 is 11.5. The van der Waals surface area contributed by atoms with Crippen molar-refractivity contribution in [3.05, 3.63) is 76.1 Å². The number of tetrazole rings is 1. The number of hydrogen-bond donors (Lipinski definition) is 1. The topological polar surface area (TPSA) is 107 Å². The van der Waals surface area contributed by atoms with Crippen LogP contribution in [-0.2, 0) is 13.1 Å². The first-order chi connectivity index (χ1) is 16.4. The van der Waals surface area contributed by atoms with E-state index in [0.29, 0.717) is 23.7 Å². The zero-order chi connectivity index (χ0) is 24.2. The van der Waals surface area contributed by atoms with Crippen LogP contribution in [0.1, 0.15) is 18.6 Å². The average Bonchev–Trinajstić information content (AvgIpc) is 3.49. The van der Waals surface area contributed by atoms with Crippen molar-refractivity contribution >= 4 is 29.2 Å². The third-order valence-corrected chi connectivity index (χ3v) is 5.46. The first-order valence-corrected chi connectivity index (χ1v) is 10.7. The summed E-state index contributed by atoms with van der Waals surface area (Å²) in [5.41, 5.74) is 0.770. The standard InChI is InChI=1S/C20H17Cl2F2N9O/c1-2-31(10-19-26-11-27-32(19)12-3-5-14(21)16(23)7-12)20(34)25-9-18-28-29-30-33(18)13-4-6-15(22)17(24)8-13/h3-8,11H,2,9-10H2,1H3,(H,25,34). The smallest absolute Gasteiger partial charge is 0.318 e. The number of carbonyl (C=O) groups excluding carboxylic acids is 1. The second-order valence-corrected chi connectivity index (χ2v) is 7.78. The molecule has 2 heterocycles. The number of urea groups is 1. The largest absolute Gasteiger partial charge is 0.331 e. The highest BCUT2D eigenvalue weighted by Crippen LogP contribution is 2.20. The first-order valence-electron chi connectivity index (χ1n) is 9.97. The van der Waals surface area contributed by atoms with Gasteiger partial charge in [0.05, 0.1) is 34.5 Å². The number of halogens is 4. The summed E-state index contributed by atoms with van der Waals surface area (Å²) in [5.74, 6) is -0.512. The molecule has 0 fully saturated rings. The quantitative estimate of drug-likeness (QED) is 0.409. The van der Waals surface area contributed by atoms with Gasteiger partial charge < -0.3 is 10.2 Å². The molecule has 0 saturated heterocycles. The minimum absolute atomic E-state index is 0.0105. The Kier molecular flexibility index (Phi) is 6.98. The molecule has 0 unspecified atom stereocenters. The fourth-order valence-corrected chi connectivity index (χ4v) is 3.34. The number of carbonyl (C=O) groups is 1. The number of amides is 2. The lowest BCUT2D eigenvalue weighted by molar-refractivity contribution is 0.195. The number of nitrogens with one attached hydrogen (secondary N) is 1. The summed E-state index contributed by atoms with van der Waals surface area (Å²) < 4.78 is 30.4. The van der Waals surface area contributed by atoms with Gasteiger partial charge in [-0.2, -0.15) is 9.78 Å². The van der Waals surface area contributed by atoms with Crippen molar-refractivity contribution in [2.75, 3.05) is 6.54 Å². The monoisotopic (exact) mass is 507 g/mol. The molecule has 0 aliphatic heterocycles. The van der Waals surface area contributed by atoms with Crippen molar-refractivity contribution in [3.63, 3.8) is 0 Å². The maximum atomic E-state index is 13.9. The van der Waals surface area contributed by atoms with Gasteiger partial charge in [-0.1, -0.05) is 23.2 Å². The van der Waals surface area contributed by atoms with Crippen molar-refractivity contribution in [1.82, 2.24) is 45.2 Å². The van der Waals surface area contributed by atoms with Gasteiger partial charge in [0.25, 0.3) is 0 Å². The molecule has 10 nitrogen and oxygen atoms in total. The molecule has 4 aromatic rings. The molecule has 0 aliphatic rings. The average molecular weight is 508 g/mol. The Morgan fingerprint density at radius 1 is 1.03 bits per heavy atom. The van der Waals surface area contributed by atoms with Crippen LogP contribution in [0.3, 0.4) is 0 Å². The summed E-state index contributed by atoms with van der Waals surface area (Å²) in [7, 11) is 0. The molecule has 2 aromatic heterocycles. The van der Waals surface area contributed by atoms with Gasteiger partial charge in [-0.3, -0.25) is 0 Å². The highest BCUT2D eigenvalue weighted by Gasteiger charge is 2.18. The van der Waals surface area contributed by atoms with Crippen LogP contribution in [0.2, 0.25) is 10.0 Å². The minimum Gasteiger partial charge on any atom is -0.331 e. The highest BCUT2D eigenvalue weighted by atomic mass is 35.5. The molecule has 2 aromatic carbocycles. The fourth-order valence-electron chi connectivity index (χ4n) is 3.10. The lowest BCUT2D eigenvalue weighted by Crippen LogP contribution is -2.40. The van der Waals surface area contributed by atoms with Gasteiger partial charge in [-0.25, -0.2) is 23.2 Å². The van der Waals surface area contributed by atoms with Crippen LogP contribution in [0.25, 0.3) is 11.4 Å². The van der Waals surface area contributed by atoms with Gasteiger partial charge in [0, 0.05) is 18.7 Å². The predicted molar refractivity (Wildman–Crippen MR) is 119 cm³/mol. The molecule has 1 N–H and O–H groups in total. The van der Waals surface area contributed by atoms with E-state index in [4.69, 9.17) is 23.2 Å². The second-order valence-electron chi connectivity index (χ2n) is 6.96. The molecule has 0 aliphatic carbocycles. The molecule has 0 spiro atoms. The van der Waals surface area contributed by atoms with E-state index in [-0.39, 0.29) is 29.0 Å². The van der Waals surface area contributed by atoms with Crippen LogP contribution < -0.4 is 5.32 Å². The number of rotatable bonds is 7. The summed E-state index contributed by atoms with van der Waals surface area (Å²) in [5, 5.41) is 18.1. The van der Waals surface area contributed by atoms with Crippen molar-refractivity contribution in [2.45, 2.75) is 20.0 Å². The van der Waals surface area contributed by atoms with Gasteiger partial charge >= 0.3 is 6.03 Å². The Morgan fingerprint density at radius 3 is 2.29 bits per heavy atom. The predicted octanol–water partition coefficient (Wildman–Crippen LogP) is 3.56. The van der Waals surface area contributed by atoms with Gasteiger partial charge in [-0.05, 0) is 41.6 Å². The molecular weight excluding hydrogens is 491 g/mol. The highest BCUT2D eigenvalue weighted by molar-refractivity contribution is 6.31. The number of benzene rings is 2. The van der Waals surface area contributed by atoms with Crippen LogP contribution in [0.5, 0.6) is 0 Å². The van der Waals surface area contributed by atoms with E-state index in [1.165, 1.54) is 44.9 Å². The Morgan fingerprint density at radius 2 is 1.68 bits per heavy atom. The summed E-state index contributed by atoms with van der Waals surface area (Å²) in [6.45, 7) is 2.21. The van der Waals surface area contributed by atoms with E-state index in [1.54, 1.807) is 19.1 Å². The van der Waals surface area contributed by atoms with E-state index in [0.717, 1.165) is 0 Å². The third-order valence-electron chi connectivity index (χ3n) is 4.85. The van der Waals surface area contributed by atoms with Crippen LogP contribution in [0, 0.1) is 11.6 Å². The van der Waals surface area contributed by atoms with E-state index >= 15 is 0 Å². The van der Waals surface area contributed by atoms with E-state index < -0.39 is 17.7 Å². The maximum Gasteiger partial charge on any atom is 0.318 e. The Bertz CT molecular complexity index is 1330. The Labute approximate surface area is 202 Å². The molecule has 4 rings (SSSR count). The number of hydrogen-bond acceptors (Lipinski definition) is 6. The van der Waals surface area contributed by atoms with Gasteiger partial charge in [-0.15, -0.1) is 5.10 Å². The second kappa shape index (κ2) is 10.1. The van der Waals surface area contributed by atoms with Crippen LogP contribution in [0.4, 0.5) is 13.6 Å². The molecule has 0 atom stereocenters. The number of nitrogens with zero attached hydrogens (tertiary/aromatic N) is 8. The van der Waals surface area contributed by atoms with Crippen molar-refractivity contribution < 1.29 is 13.6 Å². The van der Waals surface area contributed by atoms with Crippen LogP contribution in [0.15, 0.2) is 42.7 Å². The van der Waals surface area contributed by atoms with Gasteiger partial charge in [0.2, 0.25) is 0 Å². The summed E-state index contributed by atoms with van der Waals surface area (Å²) in [4.78, 5) is 18.5. The fraction of sp³-hybridized carbons (Fsp3) is 0.200. The zero-order valence-electron chi connectivity index (χ0n) is 17.7. The van der Waals surface area contributed by atoms with E-state index in [2.05, 4.69) is 30.9 Å². The van der Waals surface area contributed by atoms with Gasteiger partial charge in [0.1, 0.15) is 18.0 Å². The maximum absolute atomic E-state index is 13.9.